The molecule has 1 aromatic heterocycles. The predicted molar refractivity (Wildman–Crippen MR) is 102 cm³/mol. The molecule has 0 radical (unpaired) electrons. The summed E-state index contributed by atoms with van der Waals surface area (Å²) in [6, 6.07) is 4.94. The van der Waals surface area contributed by atoms with Crippen LogP contribution < -0.4 is 10.6 Å². The van der Waals surface area contributed by atoms with Gasteiger partial charge >= 0.3 is 0 Å². The number of phenolic OH excluding ortho intramolecular Hbond substituents is 1. The van der Waals surface area contributed by atoms with E-state index in [9.17, 15) is 23.1 Å². The fourth-order valence-electron chi connectivity index (χ4n) is 2.52. The van der Waals surface area contributed by atoms with Gasteiger partial charge in [-0.3, -0.25) is 15.2 Å². The molecular weight excluding hydrogens is 387 g/mol. The van der Waals surface area contributed by atoms with Gasteiger partial charge in [-0.1, -0.05) is 0 Å². The molecule has 0 spiro atoms. The van der Waals surface area contributed by atoms with Gasteiger partial charge in [-0.15, -0.1) is 0 Å². The van der Waals surface area contributed by atoms with E-state index in [0.717, 1.165) is 24.3 Å². The van der Waals surface area contributed by atoms with Crippen molar-refractivity contribution in [1.29, 1.82) is 0 Å². The standard InChI is InChI=1S/C19H18F3N5O2/c1-19(2,3)25-18(24-17(29)9-4-5-10(20)12(22)8-9)23-16-14-11(21)6-7-13(28)15(14)26-27-16/h4-8,28H,1-3H3,(H3,23,24,25,26,27,29). The van der Waals surface area contributed by atoms with E-state index in [-0.39, 0.29) is 34.0 Å². The molecule has 0 atom stereocenters. The van der Waals surface area contributed by atoms with Crippen LogP contribution in [0, 0.1) is 17.5 Å². The number of phenols is 1. The van der Waals surface area contributed by atoms with E-state index in [0.29, 0.717) is 0 Å². The number of carbonyl (C=O) groups is 1. The fourth-order valence-corrected chi connectivity index (χ4v) is 2.52. The highest BCUT2D eigenvalue weighted by Crippen LogP contribution is 2.30. The first kappa shape index (κ1) is 20.2. The molecule has 0 fully saturated rings. The maximum atomic E-state index is 14.2. The van der Waals surface area contributed by atoms with Crippen LogP contribution >= 0.6 is 0 Å². The lowest BCUT2D eigenvalue weighted by Crippen LogP contribution is -2.38. The first-order valence-electron chi connectivity index (χ1n) is 8.54. The number of hydrogen-bond acceptors (Lipinski definition) is 4. The molecule has 0 saturated carbocycles. The van der Waals surface area contributed by atoms with Crippen LogP contribution in [-0.4, -0.2) is 32.7 Å². The highest BCUT2D eigenvalue weighted by Gasteiger charge is 2.19. The van der Waals surface area contributed by atoms with E-state index in [2.05, 4.69) is 25.8 Å². The number of aliphatic imine (C=N–C) groups is 1. The Morgan fingerprint density at radius 1 is 1.10 bits per heavy atom. The van der Waals surface area contributed by atoms with Crippen LogP contribution in [0.15, 0.2) is 35.3 Å². The molecule has 3 aromatic rings. The fraction of sp³-hybridized carbons (Fsp3) is 0.211. The second-order valence-electron chi connectivity index (χ2n) is 7.23. The van der Waals surface area contributed by atoms with E-state index < -0.39 is 28.9 Å². The molecule has 29 heavy (non-hydrogen) atoms. The Morgan fingerprint density at radius 3 is 2.45 bits per heavy atom. The number of aromatic hydroxyl groups is 1. The number of rotatable bonds is 2. The minimum Gasteiger partial charge on any atom is -0.506 e. The molecule has 2 aromatic carbocycles. The van der Waals surface area contributed by atoms with Crippen LogP contribution in [0.25, 0.3) is 10.9 Å². The van der Waals surface area contributed by atoms with Gasteiger partial charge in [0.05, 0.1) is 10.9 Å². The van der Waals surface area contributed by atoms with Gasteiger partial charge in [0.15, 0.2) is 17.5 Å². The van der Waals surface area contributed by atoms with E-state index in [1.165, 1.54) is 6.07 Å². The number of amides is 1. The molecule has 0 aliphatic carbocycles. The zero-order valence-electron chi connectivity index (χ0n) is 15.8. The second kappa shape index (κ2) is 7.46. The minimum atomic E-state index is -1.17. The van der Waals surface area contributed by atoms with Gasteiger partial charge in [0.25, 0.3) is 5.91 Å². The van der Waals surface area contributed by atoms with Crippen LogP contribution in [0.5, 0.6) is 5.75 Å². The molecule has 3 rings (SSSR count). The highest BCUT2D eigenvalue weighted by atomic mass is 19.2. The second-order valence-corrected chi connectivity index (χ2v) is 7.23. The molecular formula is C19H18F3N5O2. The summed E-state index contributed by atoms with van der Waals surface area (Å²) >= 11 is 0. The molecule has 1 heterocycles. The molecule has 1 amide bonds. The number of benzene rings is 2. The molecule has 0 aliphatic rings. The lowest BCUT2D eigenvalue weighted by atomic mass is 10.1. The van der Waals surface area contributed by atoms with Crippen LogP contribution in [0.3, 0.4) is 0 Å². The van der Waals surface area contributed by atoms with Crippen molar-refractivity contribution in [3.8, 4) is 5.75 Å². The normalized spacial score (nSPS) is 12.3. The third-order valence-corrected chi connectivity index (χ3v) is 3.75. The third kappa shape index (κ3) is 4.48. The maximum Gasteiger partial charge on any atom is 0.258 e. The van der Waals surface area contributed by atoms with E-state index in [1.807, 2.05) is 0 Å². The Kier molecular flexibility index (Phi) is 5.19. The Morgan fingerprint density at radius 2 is 1.79 bits per heavy atom. The number of nitrogens with zero attached hydrogens (tertiary/aromatic N) is 2. The zero-order valence-corrected chi connectivity index (χ0v) is 15.8. The van der Waals surface area contributed by atoms with Gasteiger partial charge in [0.1, 0.15) is 17.1 Å². The van der Waals surface area contributed by atoms with E-state index in [1.54, 1.807) is 20.8 Å². The molecule has 0 unspecified atom stereocenters. The molecule has 4 N–H and O–H groups in total. The van der Waals surface area contributed by atoms with E-state index in [4.69, 9.17) is 0 Å². The molecule has 152 valence electrons. The lowest BCUT2D eigenvalue weighted by Gasteiger charge is -2.17. The van der Waals surface area contributed by atoms with Gasteiger partial charge in [-0.2, -0.15) is 5.10 Å². The highest BCUT2D eigenvalue weighted by molar-refractivity contribution is 6.12. The number of halogens is 3. The average molecular weight is 405 g/mol. The molecule has 0 saturated heterocycles. The summed E-state index contributed by atoms with van der Waals surface area (Å²) in [5, 5.41) is 21.4. The maximum absolute atomic E-state index is 14.2. The topological polar surface area (TPSA) is 102 Å². The number of aromatic amines is 1. The minimum absolute atomic E-state index is 0.0259. The summed E-state index contributed by atoms with van der Waals surface area (Å²) in [6.07, 6.45) is 0. The summed E-state index contributed by atoms with van der Waals surface area (Å²) in [6.45, 7) is 5.27. The first-order chi connectivity index (χ1) is 13.5. The number of guanidine groups is 1. The average Bonchev–Trinajstić information content (AvgIpc) is 3.04. The number of fused-ring (bicyclic) bond motifs is 1. The van der Waals surface area contributed by atoms with Gasteiger partial charge in [-0.05, 0) is 51.1 Å². The SMILES string of the molecule is CC(C)(C)N=C(NC(=O)c1ccc(F)c(F)c1)Nc1n[nH]c2c(O)ccc(F)c12. The van der Waals surface area contributed by atoms with Crippen molar-refractivity contribution in [1.82, 2.24) is 15.5 Å². The Bertz CT molecular complexity index is 1120. The first-order valence-corrected chi connectivity index (χ1v) is 8.54. The number of anilines is 1. The van der Waals surface area contributed by atoms with Crippen molar-refractivity contribution >= 4 is 28.6 Å². The largest absolute Gasteiger partial charge is 0.506 e. The number of hydrogen-bond donors (Lipinski definition) is 4. The molecule has 10 heteroatoms. The molecule has 7 nitrogen and oxygen atoms in total. The van der Waals surface area contributed by atoms with Gasteiger partial charge in [0, 0.05) is 5.56 Å². The Balaban J connectivity index is 1.95. The number of aromatic nitrogens is 2. The van der Waals surface area contributed by atoms with Gasteiger partial charge in [0.2, 0.25) is 5.96 Å². The Labute approximate surface area is 163 Å². The quantitative estimate of drug-likeness (QED) is 0.386. The summed E-state index contributed by atoms with van der Waals surface area (Å²) in [4.78, 5) is 16.8. The van der Waals surface area contributed by atoms with Crippen molar-refractivity contribution < 1.29 is 23.1 Å². The van der Waals surface area contributed by atoms with Crippen LogP contribution in [0.4, 0.5) is 19.0 Å². The van der Waals surface area contributed by atoms with Crippen molar-refractivity contribution in [2.24, 2.45) is 4.99 Å². The monoisotopic (exact) mass is 405 g/mol. The number of nitrogens with one attached hydrogen (secondary N) is 3. The van der Waals surface area contributed by atoms with Gasteiger partial charge in [-0.25, -0.2) is 18.2 Å². The summed E-state index contributed by atoms with van der Waals surface area (Å²) < 4.78 is 40.8. The molecule has 0 aliphatic heterocycles. The zero-order chi connectivity index (χ0) is 21.3. The number of H-pyrrole nitrogens is 1. The van der Waals surface area contributed by atoms with Gasteiger partial charge < -0.3 is 10.4 Å². The van der Waals surface area contributed by atoms with Crippen molar-refractivity contribution in [2.45, 2.75) is 26.3 Å². The van der Waals surface area contributed by atoms with Crippen molar-refractivity contribution in [3.05, 3.63) is 53.3 Å². The number of carbonyl (C=O) groups excluding carboxylic acids is 1. The Hall–Kier alpha value is -3.56. The summed E-state index contributed by atoms with van der Waals surface area (Å²) in [5.74, 6) is -4.00. The predicted octanol–water partition coefficient (Wildman–Crippen LogP) is 3.68. The molecule has 0 bridgehead atoms. The van der Waals surface area contributed by atoms with Crippen molar-refractivity contribution in [2.75, 3.05) is 5.32 Å². The van der Waals surface area contributed by atoms with Crippen LogP contribution in [0.2, 0.25) is 0 Å². The van der Waals surface area contributed by atoms with E-state index >= 15 is 0 Å². The van der Waals surface area contributed by atoms with Crippen LogP contribution in [0.1, 0.15) is 31.1 Å². The van der Waals surface area contributed by atoms with Crippen LogP contribution in [-0.2, 0) is 0 Å². The summed E-state index contributed by atoms with van der Waals surface area (Å²) in [5.41, 5.74) is -0.728. The third-order valence-electron chi connectivity index (χ3n) is 3.75. The lowest BCUT2D eigenvalue weighted by molar-refractivity contribution is 0.0976. The summed E-state index contributed by atoms with van der Waals surface area (Å²) in [7, 11) is 0. The smallest absolute Gasteiger partial charge is 0.258 e. The van der Waals surface area contributed by atoms with Crippen molar-refractivity contribution in [3.63, 3.8) is 0 Å².